The van der Waals surface area contributed by atoms with E-state index in [2.05, 4.69) is 6.07 Å². The maximum absolute atomic E-state index is 8.44. The molecular formula is C8H6N2. The van der Waals surface area contributed by atoms with E-state index in [9.17, 15) is 0 Å². The van der Waals surface area contributed by atoms with Crippen molar-refractivity contribution in [3.63, 3.8) is 0 Å². The highest BCUT2D eigenvalue weighted by molar-refractivity contribution is 5.36. The summed E-state index contributed by atoms with van der Waals surface area (Å²) in [4.78, 5) is 0. The van der Waals surface area contributed by atoms with Crippen LogP contribution in [0.1, 0.15) is 6.42 Å². The van der Waals surface area contributed by atoms with E-state index in [-0.39, 0.29) is 5.92 Å². The predicted octanol–water partition coefficient (Wildman–Crippen LogP) is 1.54. The molecule has 0 bridgehead atoms. The van der Waals surface area contributed by atoms with E-state index in [1.165, 1.54) is 0 Å². The number of nitrogens with zero attached hydrogens (tertiary/aromatic N) is 2. The van der Waals surface area contributed by atoms with E-state index in [0.717, 1.165) is 0 Å². The number of nitriles is 2. The molecule has 2 nitrogen and oxygen atoms in total. The molecule has 0 aliphatic heterocycles. The van der Waals surface area contributed by atoms with Crippen molar-refractivity contribution in [1.29, 1.82) is 10.5 Å². The maximum Gasteiger partial charge on any atom is 0.0988 e. The maximum atomic E-state index is 8.44. The highest BCUT2D eigenvalue weighted by Gasteiger charge is 2.05. The lowest BCUT2D eigenvalue weighted by molar-refractivity contribution is 0.833. The third-order valence-corrected chi connectivity index (χ3v) is 1.39. The Morgan fingerprint density at radius 3 is 2.70 bits per heavy atom. The van der Waals surface area contributed by atoms with Crippen molar-refractivity contribution in [2.24, 2.45) is 5.92 Å². The van der Waals surface area contributed by atoms with Crippen LogP contribution in [0.4, 0.5) is 0 Å². The summed E-state index contributed by atoms with van der Waals surface area (Å²) >= 11 is 0. The largest absolute Gasteiger partial charge is 0.198 e. The van der Waals surface area contributed by atoms with Gasteiger partial charge in [0.2, 0.25) is 0 Å². The third kappa shape index (κ3) is 1.24. The smallest absolute Gasteiger partial charge is 0.0988 e. The molecule has 0 aromatic heterocycles. The SMILES string of the molecule is N#CC1=CCC(C#N)C=C1. The van der Waals surface area contributed by atoms with Crippen molar-refractivity contribution in [2.75, 3.05) is 0 Å². The summed E-state index contributed by atoms with van der Waals surface area (Å²) < 4.78 is 0. The van der Waals surface area contributed by atoms with E-state index in [1.54, 1.807) is 18.2 Å². The average molecular weight is 130 g/mol. The van der Waals surface area contributed by atoms with Gasteiger partial charge in [0.05, 0.1) is 18.1 Å². The van der Waals surface area contributed by atoms with E-state index < -0.39 is 0 Å². The summed E-state index contributed by atoms with van der Waals surface area (Å²) in [5.41, 5.74) is 0.659. The van der Waals surface area contributed by atoms with Crippen LogP contribution < -0.4 is 0 Å². The van der Waals surface area contributed by atoms with Crippen molar-refractivity contribution in [1.82, 2.24) is 0 Å². The Labute approximate surface area is 59.7 Å². The minimum absolute atomic E-state index is 0.0305. The summed E-state index contributed by atoms with van der Waals surface area (Å²) in [6.45, 7) is 0. The van der Waals surface area contributed by atoms with Crippen molar-refractivity contribution in [2.45, 2.75) is 6.42 Å². The summed E-state index contributed by atoms with van der Waals surface area (Å²) in [7, 11) is 0. The zero-order valence-corrected chi connectivity index (χ0v) is 5.41. The van der Waals surface area contributed by atoms with Gasteiger partial charge in [-0.3, -0.25) is 0 Å². The van der Waals surface area contributed by atoms with Crippen LogP contribution in [0.2, 0.25) is 0 Å². The fourth-order valence-electron chi connectivity index (χ4n) is 0.799. The molecule has 2 heteroatoms. The third-order valence-electron chi connectivity index (χ3n) is 1.39. The van der Waals surface area contributed by atoms with Gasteiger partial charge in [0.25, 0.3) is 0 Å². The van der Waals surface area contributed by atoms with Gasteiger partial charge in [-0.25, -0.2) is 0 Å². The number of hydrogen-bond donors (Lipinski definition) is 0. The zero-order chi connectivity index (χ0) is 7.40. The van der Waals surface area contributed by atoms with Crippen LogP contribution in [0, 0.1) is 28.6 Å². The van der Waals surface area contributed by atoms with E-state index >= 15 is 0 Å². The second-order valence-corrected chi connectivity index (χ2v) is 2.10. The first-order chi connectivity index (χ1) is 4.86. The lowest BCUT2D eigenvalue weighted by atomic mass is 9.99. The lowest BCUT2D eigenvalue weighted by Gasteiger charge is -2.02. The fourth-order valence-corrected chi connectivity index (χ4v) is 0.799. The Kier molecular flexibility index (Phi) is 1.87. The molecule has 0 amide bonds. The molecular weight excluding hydrogens is 124 g/mol. The molecule has 0 aromatic carbocycles. The minimum atomic E-state index is -0.0305. The second-order valence-electron chi connectivity index (χ2n) is 2.10. The van der Waals surface area contributed by atoms with E-state index in [4.69, 9.17) is 10.5 Å². The van der Waals surface area contributed by atoms with E-state index in [1.807, 2.05) is 6.07 Å². The number of allylic oxidation sites excluding steroid dienone is 4. The standard InChI is InChI=1S/C8H6N2/c9-5-7-1-2-8(6-10)4-3-7/h1-3,8H,4H2. The van der Waals surface area contributed by atoms with Crippen LogP contribution in [0.5, 0.6) is 0 Å². The summed E-state index contributed by atoms with van der Waals surface area (Å²) in [5.74, 6) is -0.0305. The fraction of sp³-hybridized carbons (Fsp3) is 0.250. The Morgan fingerprint density at radius 2 is 2.30 bits per heavy atom. The van der Waals surface area contributed by atoms with Crippen LogP contribution in [-0.2, 0) is 0 Å². The molecule has 1 unspecified atom stereocenters. The van der Waals surface area contributed by atoms with Gasteiger partial charge in [0, 0.05) is 5.57 Å². The van der Waals surface area contributed by atoms with Crippen molar-refractivity contribution in [3.8, 4) is 12.1 Å². The monoisotopic (exact) mass is 130 g/mol. The topological polar surface area (TPSA) is 47.6 Å². The Balaban J connectivity index is 2.68. The molecule has 0 radical (unpaired) electrons. The number of rotatable bonds is 0. The number of hydrogen-bond acceptors (Lipinski definition) is 2. The summed E-state index contributed by atoms with van der Waals surface area (Å²) in [5, 5.41) is 16.8. The molecule has 0 fully saturated rings. The zero-order valence-electron chi connectivity index (χ0n) is 5.41. The Morgan fingerprint density at radius 1 is 1.50 bits per heavy atom. The van der Waals surface area contributed by atoms with Gasteiger partial charge >= 0.3 is 0 Å². The molecule has 48 valence electrons. The molecule has 1 rings (SSSR count). The van der Waals surface area contributed by atoms with Gasteiger partial charge in [-0.1, -0.05) is 12.2 Å². The van der Waals surface area contributed by atoms with Crippen molar-refractivity contribution < 1.29 is 0 Å². The first kappa shape index (κ1) is 6.58. The predicted molar refractivity (Wildman–Crippen MR) is 36.6 cm³/mol. The van der Waals surface area contributed by atoms with Gasteiger partial charge in [-0.15, -0.1) is 0 Å². The lowest BCUT2D eigenvalue weighted by Crippen LogP contribution is -1.94. The first-order valence-electron chi connectivity index (χ1n) is 3.05. The first-order valence-corrected chi connectivity index (χ1v) is 3.05. The Bertz CT molecular complexity index is 260. The van der Waals surface area contributed by atoms with Crippen LogP contribution in [0.25, 0.3) is 0 Å². The van der Waals surface area contributed by atoms with Crippen LogP contribution in [0.3, 0.4) is 0 Å². The highest BCUT2D eigenvalue weighted by Crippen LogP contribution is 2.14. The quantitative estimate of drug-likeness (QED) is 0.499. The van der Waals surface area contributed by atoms with E-state index in [0.29, 0.717) is 12.0 Å². The van der Waals surface area contributed by atoms with Crippen LogP contribution in [-0.4, -0.2) is 0 Å². The molecule has 1 atom stereocenters. The minimum Gasteiger partial charge on any atom is -0.198 e. The van der Waals surface area contributed by atoms with Crippen LogP contribution >= 0.6 is 0 Å². The molecule has 0 saturated heterocycles. The summed E-state index contributed by atoms with van der Waals surface area (Å²) in [6, 6.07) is 4.12. The van der Waals surface area contributed by atoms with Gasteiger partial charge in [0.15, 0.2) is 0 Å². The normalized spacial score (nSPS) is 22.6. The molecule has 0 spiro atoms. The Hall–Kier alpha value is -1.54. The molecule has 0 N–H and O–H groups in total. The molecule has 1 aliphatic rings. The van der Waals surface area contributed by atoms with Gasteiger partial charge in [0.1, 0.15) is 0 Å². The van der Waals surface area contributed by atoms with Crippen molar-refractivity contribution in [3.05, 3.63) is 23.8 Å². The highest BCUT2D eigenvalue weighted by atomic mass is 14.3. The molecule has 1 aliphatic carbocycles. The van der Waals surface area contributed by atoms with Gasteiger partial charge in [-0.05, 0) is 12.5 Å². The van der Waals surface area contributed by atoms with Gasteiger partial charge in [-0.2, -0.15) is 10.5 Å². The second kappa shape index (κ2) is 2.85. The van der Waals surface area contributed by atoms with Gasteiger partial charge < -0.3 is 0 Å². The molecule has 10 heavy (non-hydrogen) atoms. The van der Waals surface area contributed by atoms with Crippen LogP contribution in [0.15, 0.2) is 23.8 Å². The molecule has 0 saturated carbocycles. The van der Waals surface area contributed by atoms with Crippen molar-refractivity contribution >= 4 is 0 Å². The average Bonchev–Trinajstić information content (AvgIpc) is 2.05. The summed E-state index contributed by atoms with van der Waals surface area (Å²) in [6.07, 6.45) is 5.92. The molecule has 0 heterocycles. The molecule has 0 aromatic rings.